The van der Waals surface area contributed by atoms with Crippen LogP contribution in [0.4, 0.5) is 10.5 Å². The lowest BCUT2D eigenvalue weighted by molar-refractivity contribution is -0.116. The molecule has 2 N–H and O–H groups in total. The lowest BCUT2D eigenvalue weighted by atomic mass is 10.1. The molecular weight excluding hydrogens is 472 g/mol. The summed E-state index contributed by atoms with van der Waals surface area (Å²) in [6, 6.07) is 19.4. The first-order valence-electron chi connectivity index (χ1n) is 12.2. The quantitative estimate of drug-likeness (QED) is 0.201. The normalized spacial score (nSPS) is 10.4. The minimum atomic E-state index is -0.799. The fourth-order valence-electron chi connectivity index (χ4n) is 3.64. The van der Waals surface area contributed by atoms with E-state index in [0.717, 1.165) is 22.4 Å². The monoisotopic (exact) mass is 504 g/mol. The van der Waals surface area contributed by atoms with Gasteiger partial charge >= 0.3 is 6.16 Å². The van der Waals surface area contributed by atoms with E-state index in [0.29, 0.717) is 30.7 Å². The van der Waals surface area contributed by atoms with Crippen LogP contribution in [0.1, 0.15) is 46.8 Å². The van der Waals surface area contributed by atoms with Crippen molar-refractivity contribution in [1.82, 2.24) is 5.32 Å². The molecule has 0 aliphatic rings. The number of carbonyl (C=O) groups excluding carboxylic acids is 3. The summed E-state index contributed by atoms with van der Waals surface area (Å²) in [6.45, 7) is 6.57. The van der Waals surface area contributed by atoms with Gasteiger partial charge in [-0.25, -0.2) is 4.79 Å². The molecule has 0 fully saturated rings. The lowest BCUT2D eigenvalue weighted by Crippen LogP contribution is -2.24. The number of ether oxygens (including phenoxy) is 3. The van der Waals surface area contributed by atoms with Gasteiger partial charge in [0.1, 0.15) is 11.5 Å². The summed E-state index contributed by atoms with van der Waals surface area (Å²) in [5.74, 6) is 0.723. The molecule has 3 aromatic rings. The molecular formula is C29H32N2O6. The highest BCUT2D eigenvalue weighted by atomic mass is 16.7. The van der Waals surface area contributed by atoms with Crippen molar-refractivity contribution in [2.45, 2.75) is 40.2 Å². The number of benzene rings is 3. The van der Waals surface area contributed by atoms with Crippen molar-refractivity contribution in [2.75, 3.05) is 18.5 Å². The minimum absolute atomic E-state index is 0.124. The topological polar surface area (TPSA) is 103 Å². The van der Waals surface area contributed by atoms with Gasteiger partial charge in [0.15, 0.2) is 0 Å². The Hall–Kier alpha value is -4.33. The van der Waals surface area contributed by atoms with Crippen LogP contribution < -0.4 is 20.1 Å². The fourth-order valence-corrected chi connectivity index (χ4v) is 3.64. The third-order valence-electron chi connectivity index (χ3n) is 5.51. The Labute approximate surface area is 216 Å². The Morgan fingerprint density at radius 2 is 1.57 bits per heavy atom. The van der Waals surface area contributed by atoms with Gasteiger partial charge in [0.25, 0.3) is 5.91 Å². The lowest BCUT2D eigenvalue weighted by Gasteiger charge is -2.13. The Kier molecular flexibility index (Phi) is 10.1. The zero-order valence-corrected chi connectivity index (χ0v) is 21.3. The Balaban J connectivity index is 1.47. The molecule has 0 heterocycles. The maximum absolute atomic E-state index is 12.6. The largest absolute Gasteiger partial charge is 0.513 e. The van der Waals surface area contributed by atoms with Crippen LogP contribution in [0.3, 0.4) is 0 Å². The van der Waals surface area contributed by atoms with E-state index < -0.39 is 6.16 Å². The number of amides is 2. The van der Waals surface area contributed by atoms with Crippen LogP contribution in [-0.4, -0.2) is 31.2 Å². The Bertz CT molecular complexity index is 1200. The molecule has 3 aromatic carbocycles. The average molecular weight is 505 g/mol. The van der Waals surface area contributed by atoms with Crippen molar-refractivity contribution in [3.63, 3.8) is 0 Å². The summed E-state index contributed by atoms with van der Waals surface area (Å²) < 4.78 is 15.6. The molecule has 0 aliphatic heterocycles. The Morgan fingerprint density at radius 1 is 0.865 bits per heavy atom. The summed E-state index contributed by atoms with van der Waals surface area (Å²) in [4.78, 5) is 36.5. The van der Waals surface area contributed by atoms with E-state index in [2.05, 4.69) is 10.6 Å². The minimum Gasteiger partial charge on any atom is -0.493 e. The first-order valence-corrected chi connectivity index (χ1v) is 12.2. The van der Waals surface area contributed by atoms with Crippen molar-refractivity contribution in [3.8, 4) is 11.5 Å². The molecule has 194 valence electrons. The molecule has 0 radical (unpaired) electrons. The van der Waals surface area contributed by atoms with E-state index in [4.69, 9.17) is 14.2 Å². The van der Waals surface area contributed by atoms with Gasteiger partial charge in [0.05, 0.1) is 13.2 Å². The molecule has 0 aliphatic carbocycles. The molecule has 0 bridgehead atoms. The summed E-state index contributed by atoms with van der Waals surface area (Å²) in [7, 11) is 0. The van der Waals surface area contributed by atoms with Crippen LogP contribution in [0.5, 0.6) is 11.5 Å². The van der Waals surface area contributed by atoms with E-state index in [1.165, 1.54) is 12.1 Å². The summed E-state index contributed by atoms with van der Waals surface area (Å²) in [6.07, 6.45) is 0.0903. The van der Waals surface area contributed by atoms with Gasteiger partial charge < -0.3 is 24.8 Å². The molecule has 3 rings (SSSR count). The molecule has 8 nitrogen and oxygen atoms in total. The molecule has 8 heteroatoms. The van der Waals surface area contributed by atoms with E-state index in [-0.39, 0.29) is 30.7 Å². The molecule has 0 aromatic heterocycles. The highest BCUT2D eigenvalue weighted by Gasteiger charge is 2.11. The van der Waals surface area contributed by atoms with Crippen molar-refractivity contribution in [3.05, 3.63) is 89.0 Å². The number of rotatable bonds is 11. The second-order valence-corrected chi connectivity index (χ2v) is 8.37. The molecule has 0 atom stereocenters. The molecule has 0 spiro atoms. The van der Waals surface area contributed by atoms with Crippen LogP contribution in [0.2, 0.25) is 0 Å². The molecule has 0 unspecified atom stereocenters. The van der Waals surface area contributed by atoms with Gasteiger partial charge in [-0.3, -0.25) is 9.59 Å². The number of para-hydroxylation sites is 2. The summed E-state index contributed by atoms with van der Waals surface area (Å²) in [5.41, 5.74) is 3.96. The number of aryl methyl sites for hydroxylation is 2. The second kappa shape index (κ2) is 13.7. The van der Waals surface area contributed by atoms with Crippen LogP contribution in [-0.2, 0) is 16.1 Å². The summed E-state index contributed by atoms with van der Waals surface area (Å²) >= 11 is 0. The zero-order chi connectivity index (χ0) is 26.6. The van der Waals surface area contributed by atoms with Gasteiger partial charge in [0.2, 0.25) is 5.91 Å². The number of carbonyl (C=O) groups is 3. The predicted octanol–water partition coefficient (Wildman–Crippen LogP) is 5.57. The number of hydrogen-bond acceptors (Lipinski definition) is 6. The van der Waals surface area contributed by atoms with Crippen molar-refractivity contribution in [2.24, 2.45) is 0 Å². The van der Waals surface area contributed by atoms with Gasteiger partial charge in [-0.05, 0) is 74.2 Å². The number of hydrogen-bond donors (Lipinski definition) is 2. The first-order chi connectivity index (χ1) is 17.9. The molecule has 0 saturated heterocycles. The highest BCUT2D eigenvalue weighted by molar-refractivity contribution is 5.95. The van der Waals surface area contributed by atoms with Crippen LogP contribution in [0, 0.1) is 13.8 Å². The van der Waals surface area contributed by atoms with Crippen molar-refractivity contribution in [1.29, 1.82) is 0 Å². The Morgan fingerprint density at radius 3 is 2.27 bits per heavy atom. The maximum Gasteiger partial charge on any atom is 0.513 e. The smallest absolute Gasteiger partial charge is 0.493 e. The zero-order valence-electron chi connectivity index (χ0n) is 21.3. The van der Waals surface area contributed by atoms with Gasteiger partial charge in [0, 0.05) is 24.2 Å². The molecule has 37 heavy (non-hydrogen) atoms. The number of anilines is 1. The first kappa shape index (κ1) is 27.3. The number of nitrogens with one attached hydrogen (secondary N) is 2. The molecule has 2 amide bonds. The predicted molar refractivity (Wildman–Crippen MR) is 141 cm³/mol. The van der Waals surface area contributed by atoms with Crippen LogP contribution in [0.25, 0.3) is 0 Å². The van der Waals surface area contributed by atoms with Crippen LogP contribution in [0.15, 0.2) is 66.7 Å². The fraction of sp³-hybridized carbons (Fsp3) is 0.276. The van der Waals surface area contributed by atoms with Crippen molar-refractivity contribution >= 4 is 23.7 Å². The maximum atomic E-state index is 12.6. The summed E-state index contributed by atoms with van der Waals surface area (Å²) in [5, 5.41) is 5.77. The highest BCUT2D eigenvalue weighted by Crippen LogP contribution is 2.22. The second-order valence-electron chi connectivity index (χ2n) is 8.37. The van der Waals surface area contributed by atoms with Gasteiger partial charge in [-0.1, -0.05) is 36.4 Å². The average Bonchev–Trinajstić information content (AvgIpc) is 2.88. The van der Waals surface area contributed by atoms with Crippen LogP contribution >= 0.6 is 0 Å². The van der Waals surface area contributed by atoms with E-state index >= 15 is 0 Å². The van der Waals surface area contributed by atoms with Crippen molar-refractivity contribution < 1.29 is 28.6 Å². The third kappa shape index (κ3) is 8.38. The third-order valence-corrected chi connectivity index (χ3v) is 5.51. The van der Waals surface area contributed by atoms with Gasteiger partial charge in [-0.15, -0.1) is 0 Å². The molecule has 0 saturated carbocycles. The van der Waals surface area contributed by atoms with E-state index in [1.54, 1.807) is 25.1 Å². The van der Waals surface area contributed by atoms with E-state index in [9.17, 15) is 14.4 Å². The SMILES string of the molecule is CCOC(=O)Oc1ccc(C(=O)NCc2ccccc2NC(=O)CCCOc2c(C)cccc2C)cc1. The van der Waals surface area contributed by atoms with E-state index in [1.807, 2.05) is 50.2 Å². The van der Waals surface area contributed by atoms with Gasteiger partial charge in [-0.2, -0.15) is 0 Å². The standard InChI is InChI=1S/C29H32N2O6/c1-4-35-29(34)37-24-16-14-22(15-17-24)28(33)30-19-23-11-5-6-12-25(23)31-26(32)13-8-18-36-27-20(2)9-7-10-21(27)3/h5-7,9-12,14-17H,4,8,13,18-19H2,1-3H3,(H,30,33)(H,31,32).